The molecule has 3 nitrogen and oxygen atoms in total. The van der Waals surface area contributed by atoms with Crippen LogP contribution in [0.5, 0.6) is 0 Å². The third kappa shape index (κ3) is 2.49. The van der Waals surface area contributed by atoms with Crippen LogP contribution in [0.4, 0.5) is 4.39 Å². The molecule has 1 heterocycles. The molecule has 1 fully saturated rings. The van der Waals surface area contributed by atoms with Crippen LogP contribution in [0.25, 0.3) is 0 Å². The summed E-state index contributed by atoms with van der Waals surface area (Å²) in [7, 11) is 0. The van der Waals surface area contributed by atoms with Gasteiger partial charge in [0.1, 0.15) is 5.82 Å². The minimum Gasteiger partial charge on any atom is -0.391 e. The van der Waals surface area contributed by atoms with Gasteiger partial charge >= 0.3 is 0 Å². The van der Waals surface area contributed by atoms with Crippen LogP contribution in [0.2, 0.25) is 5.02 Å². The molecule has 18 heavy (non-hydrogen) atoms. The molecule has 1 aliphatic rings. The Morgan fingerprint density at radius 3 is 2.89 bits per heavy atom. The predicted molar refractivity (Wildman–Crippen MR) is 67.1 cm³/mol. The first kappa shape index (κ1) is 13.3. The molecule has 0 saturated carbocycles. The summed E-state index contributed by atoms with van der Waals surface area (Å²) in [6.07, 6.45) is 0.146. The van der Waals surface area contributed by atoms with Gasteiger partial charge in [-0.05, 0) is 24.5 Å². The molecule has 1 aliphatic heterocycles. The maximum absolute atomic E-state index is 13.6. The Balaban J connectivity index is 2.22. The first-order valence-electron chi connectivity index (χ1n) is 5.92. The standard InChI is InChI=1S/C13H15ClFNO2/c1-8-5-6-16(7-11(8)17)13(18)12-9(14)3-2-4-10(12)15/h2-4,8,11,17H,5-7H2,1H3. The Hall–Kier alpha value is -1.13. The lowest BCUT2D eigenvalue weighted by molar-refractivity contribution is 0.0246. The van der Waals surface area contributed by atoms with Crippen LogP contribution in [0.1, 0.15) is 23.7 Å². The lowest BCUT2D eigenvalue weighted by Crippen LogP contribution is -2.46. The zero-order valence-electron chi connectivity index (χ0n) is 10.1. The summed E-state index contributed by atoms with van der Waals surface area (Å²) in [5.41, 5.74) is -0.110. The van der Waals surface area contributed by atoms with Gasteiger partial charge in [0.15, 0.2) is 0 Å². The molecule has 1 N–H and O–H groups in total. The van der Waals surface area contributed by atoms with Crippen molar-refractivity contribution in [2.75, 3.05) is 13.1 Å². The zero-order chi connectivity index (χ0) is 13.3. The lowest BCUT2D eigenvalue weighted by Gasteiger charge is -2.34. The van der Waals surface area contributed by atoms with Crippen LogP contribution in [-0.4, -0.2) is 35.1 Å². The average Bonchev–Trinajstić information content (AvgIpc) is 2.32. The summed E-state index contributed by atoms with van der Waals surface area (Å²) in [5, 5.41) is 9.87. The van der Waals surface area contributed by atoms with Crippen LogP contribution < -0.4 is 0 Å². The van der Waals surface area contributed by atoms with E-state index in [-0.39, 0.29) is 23.0 Å². The molecular formula is C13H15ClFNO2. The number of hydrogen-bond acceptors (Lipinski definition) is 2. The number of benzene rings is 1. The van der Waals surface area contributed by atoms with Crippen LogP contribution in [-0.2, 0) is 0 Å². The van der Waals surface area contributed by atoms with E-state index < -0.39 is 17.8 Å². The van der Waals surface area contributed by atoms with Crippen molar-refractivity contribution >= 4 is 17.5 Å². The van der Waals surface area contributed by atoms with Gasteiger partial charge in [-0.15, -0.1) is 0 Å². The molecule has 0 aliphatic carbocycles. The van der Waals surface area contributed by atoms with E-state index in [1.54, 1.807) is 0 Å². The number of rotatable bonds is 1. The van der Waals surface area contributed by atoms with Gasteiger partial charge in [-0.1, -0.05) is 24.6 Å². The number of carbonyl (C=O) groups is 1. The molecule has 0 spiro atoms. The number of β-amino-alcohol motifs (C(OH)–C–C–N with tert-alkyl or cyclic N) is 1. The Bertz CT molecular complexity index is 446. The van der Waals surface area contributed by atoms with Crippen molar-refractivity contribution in [2.45, 2.75) is 19.4 Å². The molecule has 5 heteroatoms. The molecule has 2 unspecified atom stereocenters. The van der Waals surface area contributed by atoms with Crippen LogP contribution >= 0.6 is 11.6 Å². The van der Waals surface area contributed by atoms with Gasteiger partial charge in [-0.2, -0.15) is 0 Å². The molecule has 1 saturated heterocycles. The summed E-state index contributed by atoms with van der Waals surface area (Å²) < 4.78 is 13.6. The average molecular weight is 272 g/mol. The number of piperidine rings is 1. The summed E-state index contributed by atoms with van der Waals surface area (Å²) in [6.45, 7) is 2.68. The fourth-order valence-electron chi connectivity index (χ4n) is 2.09. The van der Waals surface area contributed by atoms with Gasteiger partial charge in [-0.3, -0.25) is 4.79 Å². The van der Waals surface area contributed by atoms with Gasteiger partial charge in [0.2, 0.25) is 0 Å². The monoisotopic (exact) mass is 271 g/mol. The minimum absolute atomic E-state index is 0.105. The van der Waals surface area contributed by atoms with Crippen molar-refractivity contribution in [3.63, 3.8) is 0 Å². The van der Waals surface area contributed by atoms with Crippen molar-refractivity contribution < 1.29 is 14.3 Å². The van der Waals surface area contributed by atoms with Gasteiger partial charge in [0.25, 0.3) is 5.91 Å². The van der Waals surface area contributed by atoms with Crippen LogP contribution in [0, 0.1) is 11.7 Å². The quantitative estimate of drug-likeness (QED) is 0.852. The summed E-state index contributed by atoms with van der Waals surface area (Å²) in [4.78, 5) is 13.6. The summed E-state index contributed by atoms with van der Waals surface area (Å²) in [6, 6.07) is 4.16. The van der Waals surface area contributed by atoms with E-state index in [4.69, 9.17) is 11.6 Å². The second kappa shape index (κ2) is 5.24. The number of carbonyl (C=O) groups excluding carboxylic acids is 1. The Morgan fingerprint density at radius 1 is 1.56 bits per heavy atom. The lowest BCUT2D eigenvalue weighted by atomic mass is 9.95. The zero-order valence-corrected chi connectivity index (χ0v) is 10.8. The van der Waals surface area contributed by atoms with E-state index in [1.165, 1.54) is 23.1 Å². The molecule has 0 bridgehead atoms. The van der Waals surface area contributed by atoms with Crippen molar-refractivity contribution in [3.8, 4) is 0 Å². The highest BCUT2D eigenvalue weighted by Gasteiger charge is 2.29. The highest BCUT2D eigenvalue weighted by atomic mass is 35.5. The second-order valence-corrected chi connectivity index (χ2v) is 5.09. The van der Waals surface area contributed by atoms with Crippen LogP contribution in [0.15, 0.2) is 18.2 Å². The van der Waals surface area contributed by atoms with E-state index in [2.05, 4.69) is 0 Å². The smallest absolute Gasteiger partial charge is 0.258 e. The topological polar surface area (TPSA) is 40.5 Å². The highest BCUT2D eigenvalue weighted by Crippen LogP contribution is 2.24. The first-order valence-corrected chi connectivity index (χ1v) is 6.30. The van der Waals surface area contributed by atoms with Gasteiger partial charge < -0.3 is 10.0 Å². The second-order valence-electron chi connectivity index (χ2n) is 4.68. The molecule has 1 amide bonds. The van der Waals surface area contributed by atoms with Crippen molar-refractivity contribution in [3.05, 3.63) is 34.6 Å². The number of halogens is 2. The Morgan fingerprint density at radius 2 is 2.28 bits per heavy atom. The number of aliphatic hydroxyl groups is 1. The van der Waals surface area contributed by atoms with E-state index in [0.29, 0.717) is 13.0 Å². The van der Waals surface area contributed by atoms with Crippen molar-refractivity contribution in [2.24, 2.45) is 5.92 Å². The Labute approximate surface area is 110 Å². The fourth-order valence-corrected chi connectivity index (χ4v) is 2.34. The molecule has 1 aromatic carbocycles. The maximum Gasteiger partial charge on any atom is 0.258 e. The normalized spacial score (nSPS) is 24.1. The van der Waals surface area contributed by atoms with Gasteiger partial charge in [-0.25, -0.2) is 4.39 Å². The number of amides is 1. The predicted octanol–water partition coefficient (Wildman–Crippen LogP) is 2.32. The maximum atomic E-state index is 13.6. The molecular weight excluding hydrogens is 257 g/mol. The SMILES string of the molecule is CC1CCN(C(=O)c2c(F)cccc2Cl)CC1O. The highest BCUT2D eigenvalue weighted by molar-refractivity contribution is 6.33. The summed E-state index contributed by atoms with van der Waals surface area (Å²) >= 11 is 5.86. The third-order valence-corrected chi connectivity index (χ3v) is 3.70. The van der Waals surface area contributed by atoms with Crippen LogP contribution in [0.3, 0.4) is 0 Å². The largest absolute Gasteiger partial charge is 0.391 e. The van der Waals surface area contributed by atoms with E-state index in [9.17, 15) is 14.3 Å². The van der Waals surface area contributed by atoms with E-state index >= 15 is 0 Å². The van der Waals surface area contributed by atoms with Gasteiger partial charge in [0.05, 0.1) is 16.7 Å². The molecule has 0 radical (unpaired) electrons. The molecule has 2 atom stereocenters. The Kier molecular flexibility index (Phi) is 3.88. The number of nitrogens with zero attached hydrogens (tertiary/aromatic N) is 1. The number of aliphatic hydroxyl groups excluding tert-OH is 1. The minimum atomic E-state index is -0.624. The van der Waals surface area contributed by atoms with Crippen molar-refractivity contribution in [1.82, 2.24) is 4.90 Å². The number of hydrogen-bond donors (Lipinski definition) is 1. The van der Waals surface area contributed by atoms with E-state index in [0.717, 1.165) is 0 Å². The van der Waals surface area contributed by atoms with E-state index in [1.807, 2.05) is 6.92 Å². The first-order chi connectivity index (χ1) is 8.50. The number of likely N-dealkylation sites (tertiary alicyclic amines) is 1. The molecule has 0 aromatic heterocycles. The van der Waals surface area contributed by atoms with Gasteiger partial charge in [0, 0.05) is 13.1 Å². The molecule has 1 aromatic rings. The third-order valence-electron chi connectivity index (χ3n) is 3.38. The summed E-state index contributed by atoms with van der Waals surface area (Å²) in [5.74, 6) is -0.921. The molecule has 98 valence electrons. The van der Waals surface area contributed by atoms with Crippen molar-refractivity contribution in [1.29, 1.82) is 0 Å². The fraction of sp³-hybridized carbons (Fsp3) is 0.462. The molecule has 2 rings (SSSR count).